The first-order valence-corrected chi connectivity index (χ1v) is 3.23. The Hall–Kier alpha value is -1.99. The Labute approximate surface area is 71.2 Å². The van der Waals surface area contributed by atoms with Crippen LogP contribution in [0.25, 0.3) is 0 Å². The Bertz CT molecular complexity index is 275. The van der Waals surface area contributed by atoms with E-state index in [0.29, 0.717) is 0 Å². The lowest BCUT2D eigenvalue weighted by molar-refractivity contribution is -0.150. The molecule has 0 aliphatic carbocycles. The highest BCUT2D eigenvalue weighted by Crippen LogP contribution is 2.28. The number of carbonyl (C=O) groups excluding carboxylic acids is 3. The molecular weight excluding hydrogens is 183 g/mol. The average Bonchev–Trinajstić information content (AvgIpc) is 2.39. The van der Waals surface area contributed by atoms with Crippen molar-refractivity contribution in [2.45, 2.75) is 0 Å². The normalized spacial score (nSPS) is 24.0. The number of carbonyl (C=O) groups is 3. The van der Waals surface area contributed by atoms with Crippen LogP contribution in [0.4, 0.5) is 0 Å². The SMILES string of the molecule is C=C1O[B-]2(OC1=O)OC(=O)C(=O)O2. The fraction of sp³-hybridized carbons (Fsp3) is 0. The van der Waals surface area contributed by atoms with E-state index in [9.17, 15) is 14.4 Å². The lowest BCUT2D eigenvalue weighted by Crippen LogP contribution is -2.39. The first-order valence-electron chi connectivity index (χ1n) is 3.23. The van der Waals surface area contributed by atoms with Crippen molar-refractivity contribution in [3.8, 4) is 0 Å². The maximum absolute atomic E-state index is 10.7. The summed E-state index contributed by atoms with van der Waals surface area (Å²) in [5.74, 6) is -3.82. The van der Waals surface area contributed by atoms with E-state index in [1.807, 2.05) is 0 Å². The summed E-state index contributed by atoms with van der Waals surface area (Å²) < 4.78 is 17.5. The molecule has 0 bridgehead atoms. The van der Waals surface area contributed by atoms with Gasteiger partial charge in [0.2, 0.25) is 0 Å². The minimum atomic E-state index is -3.05. The fourth-order valence-electron chi connectivity index (χ4n) is 0.922. The van der Waals surface area contributed by atoms with Crippen LogP contribution in [0.15, 0.2) is 12.3 Å². The summed E-state index contributed by atoms with van der Waals surface area (Å²) in [7, 11) is 0. The van der Waals surface area contributed by atoms with Crippen LogP contribution in [-0.4, -0.2) is 24.9 Å². The fourth-order valence-corrected chi connectivity index (χ4v) is 0.922. The predicted octanol–water partition coefficient (Wildman–Crippen LogP) is -1.39. The Balaban J connectivity index is 2.27. The second-order valence-corrected chi connectivity index (χ2v) is 2.33. The minimum Gasteiger partial charge on any atom is -0.606 e. The van der Waals surface area contributed by atoms with E-state index >= 15 is 0 Å². The molecule has 1 spiro atoms. The van der Waals surface area contributed by atoms with E-state index in [2.05, 4.69) is 25.2 Å². The van der Waals surface area contributed by atoms with Crippen molar-refractivity contribution < 1.29 is 33.0 Å². The lowest BCUT2D eigenvalue weighted by Gasteiger charge is -2.22. The van der Waals surface area contributed by atoms with Gasteiger partial charge in [0.1, 0.15) is 0 Å². The van der Waals surface area contributed by atoms with E-state index in [1.54, 1.807) is 0 Å². The first-order chi connectivity index (χ1) is 6.02. The third-order valence-electron chi connectivity index (χ3n) is 1.44. The second kappa shape index (κ2) is 2.03. The first kappa shape index (κ1) is 7.65. The summed E-state index contributed by atoms with van der Waals surface area (Å²) in [6.45, 7) is 0.0942. The van der Waals surface area contributed by atoms with Crippen molar-refractivity contribution >= 4 is 24.9 Å². The van der Waals surface area contributed by atoms with Crippen molar-refractivity contribution in [2.75, 3.05) is 0 Å². The smallest absolute Gasteiger partial charge is 0.606 e. The van der Waals surface area contributed by atoms with E-state index in [0.717, 1.165) is 0 Å². The monoisotopic (exact) mass is 185 g/mol. The van der Waals surface area contributed by atoms with Gasteiger partial charge in [0.05, 0.1) is 0 Å². The minimum absolute atomic E-state index is 0.373. The van der Waals surface area contributed by atoms with Crippen LogP contribution in [0.2, 0.25) is 0 Å². The molecule has 0 N–H and O–H groups in total. The van der Waals surface area contributed by atoms with Crippen LogP contribution in [-0.2, 0) is 33.0 Å². The summed E-state index contributed by atoms with van der Waals surface area (Å²) in [4.78, 5) is 31.9. The van der Waals surface area contributed by atoms with Gasteiger partial charge in [-0.05, 0) is 0 Å². The van der Waals surface area contributed by atoms with Gasteiger partial charge in [-0.3, -0.25) is 0 Å². The number of hydrogen-bond acceptors (Lipinski definition) is 7. The molecule has 0 aromatic carbocycles. The molecule has 0 radical (unpaired) electrons. The standard InChI is InChI=1S/C5H2BO7/c1-2-3(7)11-6(10-2)12-4(8)5(9)13-6/h1H2/q-1. The summed E-state index contributed by atoms with van der Waals surface area (Å²) >= 11 is 0. The summed E-state index contributed by atoms with van der Waals surface area (Å²) in [5, 5.41) is 0. The molecule has 2 aliphatic rings. The molecule has 0 aromatic heterocycles. The van der Waals surface area contributed by atoms with Gasteiger partial charge >= 0.3 is 24.9 Å². The van der Waals surface area contributed by atoms with E-state index in [4.69, 9.17) is 0 Å². The van der Waals surface area contributed by atoms with Gasteiger partial charge in [0.15, 0.2) is 5.76 Å². The molecule has 7 nitrogen and oxygen atoms in total. The third kappa shape index (κ3) is 0.951. The Kier molecular flexibility index (Phi) is 1.20. The zero-order valence-electron chi connectivity index (χ0n) is 6.14. The van der Waals surface area contributed by atoms with Gasteiger partial charge < -0.3 is 18.6 Å². The molecule has 2 saturated heterocycles. The van der Waals surface area contributed by atoms with Crippen LogP contribution >= 0.6 is 0 Å². The highest BCUT2D eigenvalue weighted by molar-refractivity contribution is 6.69. The zero-order chi connectivity index (χ0) is 9.64. The summed E-state index contributed by atoms with van der Waals surface area (Å²) in [5.41, 5.74) is 0. The van der Waals surface area contributed by atoms with Crippen LogP contribution in [0.1, 0.15) is 0 Å². The molecule has 2 fully saturated rings. The molecule has 8 heteroatoms. The molecular formula is C5H2BO7-. The van der Waals surface area contributed by atoms with Crippen molar-refractivity contribution in [1.82, 2.24) is 0 Å². The van der Waals surface area contributed by atoms with Gasteiger partial charge in [0, 0.05) is 0 Å². The third-order valence-corrected chi connectivity index (χ3v) is 1.44. The molecule has 2 aliphatic heterocycles. The Morgan fingerprint density at radius 2 is 1.31 bits per heavy atom. The highest BCUT2D eigenvalue weighted by Gasteiger charge is 2.58. The molecule has 0 atom stereocenters. The second-order valence-electron chi connectivity index (χ2n) is 2.33. The van der Waals surface area contributed by atoms with E-state index in [-0.39, 0.29) is 5.76 Å². The molecule has 68 valence electrons. The highest BCUT2D eigenvalue weighted by atomic mass is 16.9. The van der Waals surface area contributed by atoms with Crippen LogP contribution in [0.3, 0.4) is 0 Å². The van der Waals surface area contributed by atoms with Crippen molar-refractivity contribution in [3.05, 3.63) is 12.3 Å². The molecule has 2 rings (SSSR count). The van der Waals surface area contributed by atoms with Gasteiger partial charge in [0.25, 0.3) is 0 Å². The van der Waals surface area contributed by atoms with E-state index < -0.39 is 24.9 Å². The van der Waals surface area contributed by atoms with Gasteiger partial charge in [-0.25, -0.2) is 14.4 Å². The molecule has 2 heterocycles. The zero-order valence-corrected chi connectivity index (χ0v) is 6.14. The Morgan fingerprint density at radius 1 is 0.846 bits per heavy atom. The number of rotatable bonds is 0. The van der Waals surface area contributed by atoms with Crippen molar-refractivity contribution in [3.63, 3.8) is 0 Å². The Morgan fingerprint density at radius 3 is 1.69 bits per heavy atom. The van der Waals surface area contributed by atoms with Gasteiger partial charge in [-0.15, -0.1) is 0 Å². The molecule has 0 unspecified atom stereocenters. The topological polar surface area (TPSA) is 88.1 Å². The van der Waals surface area contributed by atoms with Gasteiger partial charge in [-0.2, -0.15) is 0 Å². The van der Waals surface area contributed by atoms with Crippen LogP contribution in [0.5, 0.6) is 0 Å². The van der Waals surface area contributed by atoms with Crippen molar-refractivity contribution in [2.24, 2.45) is 0 Å². The van der Waals surface area contributed by atoms with Crippen LogP contribution in [0, 0.1) is 0 Å². The van der Waals surface area contributed by atoms with Crippen molar-refractivity contribution in [1.29, 1.82) is 0 Å². The lowest BCUT2D eigenvalue weighted by atomic mass is 10.1. The maximum atomic E-state index is 10.7. The molecule has 13 heavy (non-hydrogen) atoms. The molecule has 0 saturated carbocycles. The molecule has 0 aromatic rings. The quantitative estimate of drug-likeness (QED) is 0.260. The largest absolute Gasteiger partial charge is 0.783 e. The van der Waals surface area contributed by atoms with Gasteiger partial charge in [-0.1, -0.05) is 6.58 Å². The summed E-state index contributed by atoms with van der Waals surface area (Å²) in [6, 6.07) is 0. The molecule has 0 amide bonds. The number of hydrogen-bond donors (Lipinski definition) is 0. The summed E-state index contributed by atoms with van der Waals surface area (Å²) in [6.07, 6.45) is 0. The van der Waals surface area contributed by atoms with E-state index in [1.165, 1.54) is 0 Å². The predicted molar refractivity (Wildman–Crippen MR) is 34.3 cm³/mol. The average molecular weight is 185 g/mol. The van der Waals surface area contributed by atoms with Crippen LogP contribution < -0.4 is 0 Å². The maximum Gasteiger partial charge on any atom is 0.783 e.